The van der Waals surface area contributed by atoms with E-state index in [1.807, 2.05) is 6.92 Å². The van der Waals surface area contributed by atoms with E-state index < -0.39 is 0 Å². The molecule has 0 saturated carbocycles. The van der Waals surface area contributed by atoms with Crippen LogP contribution in [0.4, 0.5) is 0 Å². The zero-order valence-electron chi connectivity index (χ0n) is 15.2. The van der Waals surface area contributed by atoms with E-state index in [1.54, 1.807) is 32.4 Å². The van der Waals surface area contributed by atoms with Crippen molar-refractivity contribution >= 4 is 12.2 Å². The molecule has 0 fully saturated rings. The Balaban J connectivity index is 2.49. The Bertz CT molecular complexity index is 589. The number of hydrogen-bond acceptors (Lipinski definition) is 5. The molecule has 132 valence electrons. The summed E-state index contributed by atoms with van der Waals surface area (Å²) in [6, 6.07) is 5.32. The minimum absolute atomic E-state index is 0.263. The molecular formula is C19H27NO4. The Kier molecular flexibility index (Phi) is 8.61. The monoisotopic (exact) mass is 333 g/mol. The molecule has 5 heteroatoms. The molecule has 0 aliphatic rings. The second-order valence-electron chi connectivity index (χ2n) is 5.97. The van der Waals surface area contributed by atoms with Crippen molar-refractivity contribution in [1.29, 1.82) is 0 Å². The van der Waals surface area contributed by atoms with Gasteiger partial charge in [0.05, 0.1) is 26.9 Å². The molecule has 0 bridgehead atoms. The lowest BCUT2D eigenvalue weighted by Gasteiger charge is -2.08. The van der Waals surface area contributed by atoms with Gasteiger partial charge in [0.1, 0.15) is 11.5 Å². The van der Waals surface area contributed by atoms with Crippen molar-refractivity contribution in [1.82, 2.24) is 0 Å². The van der Waals surface area contributed by atoms with E-state index in [1.165, 1.54) is 11.8 Å². The van der Waals surface area contributed by atoms with Gasteiger partial charge < -0.3 is 14.3 Å². The topological polar surface area (TPSA) is 57.1 Å². The molecule has 0 spiro atoms. The van der Waals surface area contributed by atoms with Crippen molar-refractivity contribution in [3.05, 3.63) is 35.4 Å². The fourth-order valence-corrected chi connectivity index (χ4v) is 2.15. The Morgan fingerprint density at radius 3 is 2.62 bits per heavy atom. The average molecular weight is 333 g/mol. The van der Waals surface area contributed by atoms with Crippen molar-refractivity contribution in [3.63, 3.8) is 0 Å². The Hall–Kier alpha value is -2.30. The molecule has 0 aromatic heterocycles. The molecule has 0 N–H and O–H groups in total. The van der Waals surface area contributed by atoms with Crippen molar-refractivity contribution in [2.75, 3.05) is 14.2 Å². The number of hydrogen-bond donors (Lipinski definition) is 0. The van der Waals surface area contributed by atoms with Gasteiger partial charge in [-0.15, -0.1) is 0 Å². The zero-order chi connectivity index (χ0) is 17.9. The molecule has 1 aromatic rings. The summed E-state index contributed by atoms with van der Waals surface area (Å²) in [5, 5.41) is 3.76. The van der Waals surface area contributed by atoms with Gasteiger partial charge in [-0.1, -0.05) is 23.7 Å². The Morgan fingerprint density at radius 2 is 2.00 bits per heavy atom. The molecule has 1 aromatic carbocycles. The third kappa shape index (κ3) is 7.31. The summed E-state index contributed by atoms with van der Waals surface area (Å²) in [6.45, 7) is 6.18. The first-order valence-corrected chi connectivity index (χ1v) is 8.04. The van der Waals surface area contributed by atoms with Crippen LogP contribution in [0.3, 0.4) is 0 Å². The SMILES string of the molecule is COc1ccc(/C=N\OC(=O)CC(C)CCC=C(C)C)c(OC)c1. The molecule has 0 saturated heterocycles. The summed E-state index contributed by atoms with van der Waals surface area (Å²) in [5.41, 5.74) is 2.01. The van der Waals surface area contributed by atoms with Gasteiger partial charge >= 0.3 is 5.97 Å². The number of carbonyl (C=O) groups is 1. The molecule has 0 amide bonds. The normalized spacial score (nSPS) is 11.9. The number of oxime groups is 1. The fraction of sp³-hybridized carbons (Fsp3) is 0.474. The summed E-state index contributed by atoms with van der Waals surface area (Å²) in [4.78, 5) is 16.7. The number of rotatable bonds is 9. The van der Waals surface area contributed by atoms with Gasteiger partial charge in [0.2, 0.25) is 0 Å². The van der Waals surface area contributed by atoms with Crippen molar-refractivity contribution in [2.45, 2.75) is 40.0 Å². The molecule has 0 heterocycles. The maximum Gasteiger partial charge on any atom is 0.335 e. The zero-order valence-corrected chi connectivity index (χ0v) is 15.2. The summed E-state index contributed by atoms with van der Waals surface area (Å²) in [5.74, 6) is 1.22. The van der Waals surface area contributed by atoms with E-state index in [2.05, 4.69) is 25.1 Å². The number of ether oxygens (including phenoxy) is 2. The summed E-state index contributed by atoms with van der Waals surface area (Å²) < 4.78 is 10.4. The maximum absolute atomic E-state index is 11.8. The predicted octanol–water partition coefficient (Wildman–Crippen LogP) is 4.35. The molecule has 0 radical (unpaired) electrons. The highest BCUT2D eigenvalue weighted by Crippen LogP contribution is 2.23. The van der Waals surface area contributed by atoms with E-state index in [4.69, 9.17) is 14.3 Å². The van der Waals surface area contributed by atoms with Crippen molar-refractivity contribution < 1.29 is 19.1 Å². The third-order valence-electron chi connectivity index (χ3n) is 3.51. The van der Waals surface area contributed by atoms with E-state index in [0.717, 1.165) is 12.8 Å². The van der Waals surface area contributed by atoms with Crippen LogP contribution in [0.15, 0.2) is 35.0 Å². The first kappa shape index (κ1) is 19.7. The summed E-state index contributed by atoms with van der Waals surface area (Å²) >= 11 is 0. The summed E-state index contributed by atoms with van der Waals surface area (Å²) in [7, 11) is 3.15. The number of methoxy groups -OCH3 is 2. The molecule has 0 aliphatic carbocycles. The molecular weight excluding hydrogens is 306 g/mol. The molecule has 0 aliphatic heterocycles. The average Bonchev–Trinajstić information content (AvgIpc) is 2.54. The van der Waals surface area contributed by atoms with E-state index in [0.29, 0.717) is 23.5 Å². The molecule has 5 nitrogen and oxygen atoms in total. The smallest absolute Gasteiger partial charge is 0.335 e. The first-order valence-electron chi connectivity index (χ1n) is 8.04. The van der Waals surface area contributed by atoms with Gasteiger partial charge in [-0.2, -0.15) is 0 Å². The van der Waals surface area contributed by atoms with Gasteiger partial charge in [0, 0.05) is 11.6 Å². The lowest BCUT2D eigenvalue weighted by atomic mass is 10.0. The highest BCUT2D eigenvalue weighted by atomic mass is 16.7. The maximum atomic E-state index is 11.8. The highest BCUT2D eigenvalue weighted by Gasteiger charge is 2.10. The lowest BCUT2D eigenvalue weighted by Crippen LogP contribution is -2.07. The van der Waals surface area contributed by atoms with Crippen molar-refractivity contribution in [2.24, 2.45) is 11.1 Å². The van der Waals surface area contributed by atoms with Crippen LogP contribution in [-0.4, -0.2) is 26.4 Å². The van der Waals surface area contributed by atoms with Gasteiger partial charge in [-0.05, 0) is 44.7 Å². The first-order chi connectivity index (χ1) is 11.5. The predicted molar refractivity (Wildman–Crippen MR) is 95.7 cm³/mol. The van der Waals surface area contributed by atoms with Crippen LogP contribution >= 0.6 is 0 Å². The second kappa shape index (κ2) is 10.5. The molecule has 1 atom stereocenters. The summed E-state index contributed by atoms with van der Waals surface area (Å²) in [6.07, 6.45) is 5.92. The van der Waals surface area contributed by atoms with Gasteiger partial charge in [-0.25, -0.2) is 4.79 Å². The van der Waals surface area contributed by atoms with E-state index in [-0.39, 0.29) is 11.9 Å². The Labute approximate surface area is 144 Å². The third-order valence-corrected chi connectivity index (χ3v) is 3.51. The molecule has 1 rings (SSSR count). The van der Waals surface area contributed by atoms with Gasteiger partial charge in [0.15, 0.2) is 0 Å². The molecule has 24 heavy (non-hydrogen) atoms. The van der Waals surface area contributed by atoms with Gasteiger partial charge in [-0.3, -0.25) is 0 Å². The van der Waals surface area contributed by atoms with Crippen molar-refractivity contribution in [3.8, 4) is 11.5 Å². The molecule has 1 unspecified atom stereocenters. The van der Waals surface area contributed by atoms with Crippen LogP contribution in [0.2, 0.25) is 0 Å². The van der Waals surface area contributed by atoms with E-state index >= 15 is 0 Å². The number of allylic oxidation sites excluding steroid dienone is 2. The second-order valence-corrected chi connectivity index (χ2v) is 5.97. The van der Waals surface area contributed by atoms with Crippen LogP contribution in [-0.2, 0) is 9.63 Å². The van der Waals surface area contributed by atoms with Crippen LogP contribution in [0.1, 0.15) is 45.6 Å². The largest absolute Gasteiger partial charge is 0.497 e. The Morgan fingerprint density at radius 1 is 1.25 bits per heavy atom. The number of carbonyl (C=O) groups excluding carboxylic acids is 1. The highest BCUT2D eigenvalue weighted by molar-refractivity contribution is 5.84. The van der Waals surface area contributed by atoms with Gasteiger partial charge in [0.25, 0.3) is 0 Å². The number of nitrogens with zero attached hydrogens (tertiary/aromatic N) is 1. The minimum Gasteiger partial charge on any atom is -0.497 e. The van der Waals surface area contributed by atoms with Crippen LogP contribution in [0.5, 0.6) is 11.5 Å². The van der Waals surface area contributed by atoms with E-state index in [9.17, 15) is 4.79 Å². The minimum atomic E-state index is -0.330. The van der Waals surface area contributed by atoms with Crippen LogP contribution < -0.4 is 9.47 Å². The lowest BCUT2D eigenvalue weighted by molar-refractivity contribution is -0.144. The fourth-order valence-electron chi connectivity index (χ4n) is 2.15. The number of benzene rings is 1. The standard InChI is InChI=1S/C19H27NO4/c1-14(2)7-6-8-15(3)11-19(21)24-20-13-16-9-10-17(22-4)12-18(16)23-5/h7,9-10,12-13,15H,6,8,11H2,1-5H3/b20-13-. The quantitative estimate of drug-likeness (QED) is 0.292. The van der Waals surface area contributed by atoms with Crippen LogP contribution in [0.25, 0.3) is 0 Å². The van der Waals surface area contributed by atoms with Crippen LogP contribution in [0, 0.1) is 5.92 Å².